The second-order valence-corrected chi connectivity index (χ2v) is 14.9. The third-order valence-corrected chi connectivity index (χ3v) is 11.8. The van der Waals surface area contributed by atoms with E-state index in [1.54, 1.807) is 0 Å². The highest BCUT2D eigenvalue weighted by Gasteiger charge is 2.25. The molecule has 3 heteroatoms. The standard InChI is InChI=1S/C54H35N3/c1-4-19-36(20-5-1)45-35-50-51(52-44-28-13-16-33-48(44)56(54(45)52)38-23-8-3-9-24-38)43-27-12-17-34-49(43)57(50)47-32-15-11-26-40(47)42-30-18-29-41-39-25-10-14-31-46(39)55(53(41)42)37-21-6-2-7-22-37/h1-35H. The van der Waals surface area contributed by atoms with Gasteiger partial charge in [0.15, 0.2) is 0 Å². The first-order chi connectivity index (χ1) is 28.3. The van der Waals surface area contributed by atoms with Crippen LogP contribution in [0.5, 0.6) is 0 Å². The van der Waals surface area contributed by atoms with Gasteiger partial charge in [-0.2, -0.15) is 0 Å². The Hall–Kier alpha value is -7.62. The molecule has 12 aromatic rings. The molecule has 0 bridgehead atoms. The van der Waals surface area contributed by atoms with E-state index in [9.17, 15) is 0 Å². The molecule has 0 aliphatic heterocycles. The largest absolute Gasteiger partial charge is 0.309 e. The molecule has 9 aromatic carbocycles. The van der Waals surface area contributed by atoms with E-state index in [1.165, 1.54) is 87.7 Å². The van der Waals surface area contributed by atoms with Gasteiger partial charge in [0.2, 0.25) is 0 Å². The monoisotopic (exact) mass is 725 g/mol. The molecule has 3 nitrogen and oxygen atoms in total. The smallest absolute Gasteiger partial charge is 0.0627 e. The number of rotatable bonds is 5. The summed E-state index contributed by atoms with van der Waals surface area (Å²) in [6.07, 6.45) is 0. The number of aromatic nitrogens is 3. The van der Waals surface area contributed by atoms with Crippen LogP contribution in [-0.4, -0.2) is 13.7 Å². The van der Waals surface area contributed by atoms with Crippen molar-refractivity contribution in [2.45, 2.75) is 0 Å². The summed E-state index contributed by atoms with van der Waals surface area (Å²) in [7, 11) is 0. The highest BCUT2D eigenvalue weighted by molar-refractivity contribution is 6.31. The lowest BCUT2D eigenvalue weighted by Crippen LogP contribution is -2.00. The van der Waals surface area contributed by atoms with Crippen molar-refractivity contribution in [3.63, 3.8) is 0 Å². The summed E-state index contributed by atoms with van der Waals surface area (Å²) in [5, 5.41) is 7.50. The minimum atomic E-state index is 1.14. The van der Waals surface area contributed by atoms with E-state index in [1.807, 2.05) is 0 Å². The predicted octanol–water partition coefficient (Wildman–Crippen LogP) is 14.3. The van der Waals surface area contributed by atoms with Crippen LogP contribution in [0.3, 0.4) is 0 Å². The van der Waals surface area contributed by atoms with Gasteiger partial charge in [-0.15, -0.1) is 0 Å². The predicted molar refractivity (Wildman–Crippen MR) is 240 cm³/mol. The molecule has 0 saturated carbocycles. The van der Waals surface area contributed by atoms with Gasteiger partial charge in [-0.05, 0) is 60.2 Å². The molecule has 0 atom stereocenters. The molecule has 0 aliphatic rings. The minimum absolute atomic E-state index is 1.14. The van der Waals surface area contributed by atoms with E-state index in [2.05, 4.69) is 226 Å². The lowest BCUT2D eigenvalue weighted by Gasteiger charge is -2.17. The van der Waals surface area contributed by atoms with Crippen LogP contribution < -0.4 is 0 Å². The van der Waals surface area contributed by atoms with Crippen molar-refractivity contribution in [2.24, 2.45) is 0 Å². The molecule has 0 spiro atoms. The normalized spacial score (nSPS) is 11.9. The summed E-state index contributed by atoms with van der Waals surface area (Å²) in [5.74, 6) is 0. The average Bonchev–Trinajstić information content (AvgIpc) is 3.93. The van der Waals surface area contributed by atoms with E-state index in [4.69, 9.17) is 0 Å². The Labute approximate surface area is 329 Å². The number of hydrogen-bond acceptors (Lipinski definition) is 0. The molecule has 0 unspecified atom stereocenters. The number of para-hydroxylation sites is 7. The molecule has 0 N–H and O–H groups in total. The Morgan fingerprint density at radius 3 is 1.42 bits per heavy atom. The van der Waals surface area contributed by atoms with Gasteiger partial charge in [0.05, 0.1) is 38.8 Å². The van der Waals surface area contributed by atoms with Crippen LogP contribution in [0.15, 0.2) is 212 Å². The van der Waals surface area contributed by atoms with Crippen molar-refractivity contribution in [3.05, 3.63) is 212 Å². The molecule has 12 rings (SSSR count). The third-order valence-electron chi connectivity index (χ3n) is 11.8. The van der Waals surface area contributed by atoms with Crippen LogP contribution in [0.4, 0.5) is 0 Å². The molecule has 3 heterocycles. The molecule has 0 radical (unpaired) electrons. The topological polar surface area (TPSA) is 14.8 Å². The van der Waals surface area contributed by atoms with Gasteiger partial charge in [-0.25, -0.2) is 0 Å². The minimum Gasteiger partial charge on any atom is -0.309 e. The lowest BCUT2D eigenvalue weighted by molar-refractivity contribution is 1.17. The average molecular weight is 726 g/mol. The van der Waals surface area contributed by atoms with Crippen LogP contribution >= 0.6 is 0 Å². The van der Waals surface area contributed by atoms with Crippen LogP contribution in [0, 0.1) is 0 Å². The van der Waals surface area contributed by atoms with Crippen molar-refractivity contribution >= 4 is 65.4 Å². The fraction of sp³-hybridized carbons (Fsp3) is 0. The van der Waals surface area contributed by atoms with Crippen LogP contribution in [-0.2, 0) is 0 Å². The SMILES string of the molecule is c1ccc(-c2cc3c(c4ccccc4n3-c3ccccc3-c3cccc4c5ccccc5n(-c5ccccc5)c34)c3c4ccccc4n(-c4ccccc4)c23)cc1. The highest BCUT2D eigenvalue weighted by Crippen LogP contribution is 2.48. The Morgan fingerprint density at radius 2 is 0.737 bits per heavy atom. The van der Waals surface area contributed by atoms with Gasteiger partial charge < -0.3 is 13.7 Å². The zero-order chi connectivity index (χ0) is 37.5. The van der Waals surface area contributed by atoms with E-state index >= 15 is 0 Å². The maximum atomic E-state index is 2.52. The number of nitrogens with zero attached hydrogens (tertiary/aromatic N) is 3. The maximum absolute atomic E-state index is 2.52. The Bertz CT molecular complexity index is 3500. The van der Waals surface area contributed by atoms with Crippen molar-refractivity contribution in [1.29, 1.82) is 0 Å². The summed E-state index contributed by atoms with van der Waals surface area (Å²) in [5.41, 5.74) is 15.4. The van der Waals surface area contributed by atoms with Gasteiger partial charge in [0.1, 0.15) is 0 Å². The molecule has 0 saturated heterocycles. The van der Waals surface area contributed by atoms with E-state index in [0.29, 0.717) is 0 Å². The van der Waals surface area contributed by atoms with Gasteiger partial charge in [0, 0.05) is 60.4 Å². The van der Waals surface area contributed by atoms with Crippen molar-refractivity contribution in [2.75, 3.05) is 0 Å². The number of hydrogen-bond donors (Lipinski definition) is 0. The Kier molecular flexibility index (Phi) is 6.93. The van der Waals surface area contributed by atoms with Gasteiger partial charge >= 0.3 is 0 Å². The Balaban J connectivity index is 1.25. The second-order valence-electron chi connectivity index (χ2n) is 14.9. The molecule has 57 heavy (non-hydrogen) atoms. The summed E-state index contributed by atoms with van der Waals surface area (Å²) in [6, 6.07) is 77.4. The van der Waals surface area contributed by atoms with Gasteiger partial charge in [0.25, 0.3) is 0 Å². The zero-order valence-electron chi connectivity index (χ0n) is 31.0. The fourth-order valence-corrected chi connectivity index (χ4v) is 9.53. The molecule has 0 aliphatic carbocycles. The molecule has 266 valence electrons. The quantitative estimate of drug-likeness (QED) is 0.168. The molecule has 0 amide bonds. The summed E-state index contributed by atoms with van der Waals surface area (Å²) < 4.78 is 7.43. The van der Waals surface area contributed by atoms with E-state index in [0.717, 1.165) is 17.1 Å². The number of fused-ring (bicyclic) bond motifs is 10. The molecular formula is C54H35N3. The lowest BCUT2D eigenvalue weighted by atomic mass is 9.97. The van der Waals surface area contributed by atoms with Gasteiger partial charge in [-0.3, -0.25) is 0 Å². The number of benzene rings is 9. The Morgan fingerprint density at radius 1 is 0.263 bits per heavy atom. The zero-order valence-corrected chi connectivity index (χ0v) is 31.0. The second kappa shape index (κ2) is 12.5. The molecule has 3 aromatic heterocycles. The van der Waals surface area contributed by atoms with Crippen molar-refractivity contribution < 1.29 is 0 Å². The summed E-state index contributed by atoms with van der Waals surface area (Å²) in [6.45, 7) is 0. The van der Waals surface area contributed by atoms with Crippen molar-refractivity contribution in [3.8, 4) is 39.3 Å². The van der Waals surface area contributed by atoms with Gasteiger partial charge in [-0.1, -0.05) is 158 Å². The van der Waals surface area contributed by atoms with Crippen LogP contribution in [0.25, 0.3) is 105 Å². The first kappa shape index (κ1) is 31.7. The van der Waals surface area contributed by atoms with E-state index in [-0.39, 0.29) is 0 Å². The van der Waals surface area contributed by atoms with Crippen LogP contribution in [0.1, 0.15) is 0 Å². The summed E-state index contributed by atoms with van der Waals surface area (Å²) in [4.78, 5) is 0. The van der Waals surface area contributed by atoms with Crippen LogP contribution in [0.2, 0.25) is 0 Å². The first-order valence-corrected chi connectivity index (χ1v) is 19.6. The third kappa shape index (κ3) is 4.60. The fourth-order valence-electron chi connectivity index (χ4n) is 9.53. The molecule has 0 fully saturated rings. The first-order valence-electron chi connectivity index (χ1n) is 19.6. The highest BCUT2D eigenvalue weighted by atomic mass is 15.0. The van der Waals surface area contributed by atoms with Crippen molar-refractivity contribution in [1.82, 2.24) is 13.7 Å². The molecular weight excluding hydrogens is 691 g/mol. The maximum Gasteiger partial charge on any atom is 0.0627 e. The van der Waals surface area contributed by atoms with E-state index < -0.39 is 0 Å². The summed E-state index contributed by atoms with van der Waals surface area (Å²) >= 11 is 0.